The van der Waals surface area contributed by atoms with Gasteiger partial charge in [0.25, 0.3) is 0 Å². The molecule has 1 amide bonds. The van der Waals surface area contributed by atoms with Crippen molar-refractivity contribution in [2.45, 2.75) is 13.1 Å². The van der Waals surface area contributed by atoms with E-state index in [0.717, 1.165) is 16.8 Å². The van der Waals surface area contributed by atoms with E-state index >= 15 is 0 Å². The summed E-state index contributed by atoms with van der Waals surface area (Å²) in [4.78, 5) is 18.4. The molecule has 0 aliphatic carbocycles. The molecule has 2 aromatic rings. The molecule has 5 nitrogen and oxygen atoms in total. The first-order valence-electron chi connectivity index (χ1n) is 6.86. The molecule has 3 rings (SSSR count). The molecule has 0 spiro atoms. The summed E-state index contributed by atoms with van der Waals surface area (Å²) in [7, 11) is 1.59. The summed E-state index contributed by atoms with van der Waals surface area (Å²) in [5, 5.41) is 3.16. The molecule has 0 radical (unpaired) electrons. The van der Waals surface area contributed by atoms with Crippen molar-refractivity contribution < 1.29 is 9.53 Å². The number of fused-ring (bicyclic) bond motifs is 1. The number of nitrogens with zero attached hydrogens (tertiary/aromatic N) is 2. The lowest BCUT2D eigenvalue weighted by molar-refractivity contribution is -0.117. The smallest absolute Gasteiger partial charge is 0.241 e. The van der Waals surface area contributed by atoms with Crippen molar-refractivity contribution in [2.75, 3.05) is 18.6 Å². The summed E-state index contributed by atoms with van der Waals surface area (Å²) >= 11 is 0. The minimum absolute atomic E-state index is 0.0471. The maximum Gasteiger partial charge on any atom is 0.241 e. The molecule has 21 heavy (non-hydrogen) atoms. The molecule has 2 heterocycles. The summed E-state index contributed by atoms with van der Waals surface area (Å²) in [6, 6.07) is 11.7. The van der Waals surface area contributed by atoms with E-state index < -0.39 is 0 Å². The lowest BCUT2D eigenvalue weighted by Crippen LogP contribution is -2.35. The monoisotopic (exact) mass is 283 g/mol. The van der Waals surface area contributed by atoms with E-state index in [2.05, 4.69) is 10.3 Å². The van der Waals surface area contributed by atoms with Gasteiger partial charge in [-0.05, 0) is 17.7 Å². The third-order valence-corrected chi connectivity index (χ3v) is 3.55. The van der Waals surface area contributed by atoms with E-state index in [1.54, 1.807) is 18.2 Å². The molecule has 0 saturated carbocycles. The number of pyridine rings is 1. The van der Waals surface area contributed by atoms with Gasteiger partial charge in [-0.2, -0.15) is 0 Å². The Morgan fingerprint density at radius 3 is 2.95 bits per heavy atom. The van der Waals surface area contributed by atoms with Gasteiger partial charge in [0.2, 0.25) is 11.8 Å². The zero-order valence-corrected chi connectivity index (χ0v) is 11.9. The van der Waals surface area contributed by atoms with Gasteiger partial charge in [-0.3, -0.25) is 4.79 Å². The minimum atomic E-state index is 0.0471. The van der Waals surface area contributed by atoms with Crippen LogP contribution < -0.4 is 15.0 Å². The van der Waals surface area contributed by atoms with Crippen LogP contribution in [0.2, 0.25) is 0 Å². The first-order valence-corrected chi connectivity index (χ1v) is 6.86. The number of aromatic nitrogens is 1. The fraction of sp³-hybridized carbons (Fsp3) is 0.250. The van der Waals surface area contributed by atoms with Crippen molar-refractivity contribution >= 4 is 11.6 Å². The molecule has 0 fully saturated rings. The normalized spacial score (nSPS) is 14.5. The van der Waals surface area contributed by atoms with Crippen LogP contribution in [0, 0.1) is 0 Å². The predicted octanol–water partition coefficient (Wildman–Crippen LogP) is 1.73. The van der Waals surface area contributed by atoms with Crippen LogP contribution in [-0.2, 0) is 17.9 Å². The zero-order chi connectivity index (χ0) is 14.7. The van der Waals surface area contributed by atoms with E-state index in [0.29, 0.717) is 25.5 Å². The second kappa shape index (κ2) is 5.93. The Morgan fingerprint density at radius 2 is 2.10 bits per heavy atom. The molecule has 1 aliphatic rings. The number of methoxy groups -OCH3 is 1. The highest BCUT2D eigenvalue weighted by molar-refractivity contribution is 5.96. The molecule has 1 aromatic carbocycles. The molecule has 0 atom stereocenters. The average molecular weight is 283 g/mol. The number of rotatable bonds is 3. The van der Waals surface area contributed by atoms with Crippen molar-refractivity contribution in [3.8, 4) is 5.88 Å². The highest BCUT2D eigenvalue weighted by Crippen LogP contribution is 2.26. The number of ether oxygens (including phenoxy) is 1. The molecule has 0 bridgehead atoms. The van der Waals surface area contributed by atoms with Crippen molar-refractivity contribution in [3.05, 3.63) is 53.7 Å². The van der Waals surface area contributed by atoms with Crippen molar-refractivity contribution in [1.29, 1.82) is 0 Å². The largest absolute Gasteiger partial charge is 0.481 e. The highest BCUT2D eigenvalue weighted by Gasteiger charge is 2.22. The van der Waals surface area contributed by atoms with Crippen molar-refractivity contribution in [3.63, 3.8) is 0 Å². The molecule has 1 aliphatic heterocycles. The van der Waals surface area contributed by atoms with E-state index in [4.69, 9.17) is 4.74 Å². The van der Waals surface area contributed by atoms with Gasteiger partial charge in [-0.25, -0.2) is 4.98 Å². The highest BCUT2D eigenvalue weighted by atomic mass is 16.5. The first-order chi connectivity index (χ1) is 10.3. The molecule has 1 N–H and O–H groups in total. The summed E-state index contributed by atoms with van der Waals surface area (Å²) in [5.41, 5.74) is 2.95. The molecule has 1 aromatic heterocycles. The van der Waals surface area contributed by atoms with Crippen molar-refractivity contribution in [2.24, 2.45) is 0 Å². The van der Waals surface area contributed by atoms with Gasteiger partial charge in [0.15, 0.2) is 0 Å². The average Bonchev–Trinajstić information content (AvgIpc) is 2.68. The second-order valence-corrected chi connectivity index (χ2v) is 4.88. The maximum absolute atomic E-state index is 12.4. The molecule has 0 unspecified atom stereocenters. The Balaban J connectivity index is 1.98. The summed E-state index contributed by atoms with van der Waals surface area (Å²) in [5.74, 6) is 0.603. The number of benzene rings is 1. The van der Waals surface area contributed by atoms with Gasteiger partial charge in [-0.1, -0.05) is 24.3 Å². The van der Waals surface area contributed by atoms with Crippen LogP contribution in [0.4, 0.5) is 5.69 Å². The van der Waals surface area contributed by atoms with Gasteiger partial charge < -0.3 is 15.0 Å². The van der Waals surface area contributed by atoms with Gasteiger partial charge >= 0.3 is 0 Å². The Hall–Kier alpha value is -2.40. The van der Waals surface area contributed by atoms with E-state index in [1.807, 2.05) is 36.4 Å². The van der Waals surface area contributed by atoms with Crippen molar-refractivity contribution in [1.82, 2.24) is 10.3 Å². The molecular weight excluding hydrogens is 266 g/mol. The van der Waals surface area contributed by atoms with Gasteiger partial charge in [-0.15, -0.1) is 0 Å². The molecule has 5 heteroatoms. The van der Waals surface area contributed by atoms with Crippen LogP contribution >= 0.6 is 0 Å². The quantitative estimate of drug-likeness (QED) is 0.932. The summed E-state index contributed by atoms with van der Waals surface area (Å²) in [6.45, 7) is 1.48. The lowest BCUT2D eigenvalue weighted by Gasteiger charge is -2.23. The number of amides is 1. The van der Waals surface area contributed by atoms with Gasteiger partial charge in [0.1, 0.15) is 0 Å². The maximum atomic E-state index is 12.4. The third-order valence-electron chi connectivity index (χ3n) is 3.55. The van der Waals surface area contributed by atoms with Gasteiger partial charge in [0.05, 0.1) is 20.2 Å². The number of hydrogen-bond acceptors (Lipinski definition) is 4. The van der Waals surface area contributed by atoms with E-state index in [1.165, 1.54) is 0 Å². The van der Waals surface area contributed by atoms with Crippen LogP contribution in [0.3, 0.4) is 0 Å². The number of para-hydroxylation sites is 1. The minimum Gasteiger partial charge on any atom is -0.481 e. The zero-order valence-electron chi connectivity index (χ0n) is 11.9. The van der Waals surface area contributed by atoms with E-state index in [9.17, 15) is 4.79 Å². The number of nitrogens with one attached hydrogen (secondary N) is 1. The third kappa shape index (κ3) is 2.73. The van der Waals surface area contributed by atoms with Crippen LogP contribution in [-0.4, -0.2) is 24.5 Å². The molecule has 108 valence electrons. The Kier molecular flexibility index (Phi) is 3.83. The first kappa shape index (κ1) is 13.6. The van der Waals surface area contributed by atoms with Crippen LogP contribution in [0.1, 0.15) is 11.1 Å². The van der Waals surface area contributed by atoms with Crippen LogP contribution in [0.5, 0.6) is 5.88 Å². The van der Waals surface area contributed by atoms with Gasteiger partial charge in [0, 0.05) is 24.0 Å². The number of hydrogen-bond donors (Lipinski definition) is 1. The number of carbonyl (C=O) groups excluding carboxylic acids is 1. The molecular formula is C16H17N3O2. The predicted molar refractivity (Wildman–Crippen MR) is 80.1 cm³/mol. The standard InChI is InChI=1S/C16H17N3O2/c1-21-16-13(6-4-8-18-16)11-19-14-7-3-2-5-12(14)9-17-10-15(19)20/h2-8,17H,9-11H2,1H3. The fourth-order valence-corrected chi connectivity index (χ4v) is 2.53. The van der Waals surface area contributed by atoms with Crippen LogP contribution in [0.15, 0.2) is 42.6 Å². The second-order valence-electron chi connectivity index (χ2n) is 4.88. The van der Waals surface area contributed by atoms with Crippen LogP contribution in [0.25, 0.3) is 0 Å². The lowest BCUT2D eigenvalue weighted by atomic mass is 10.1. The number of carbonyl (C=O) groups is 1. The summed E-state index contributed by atoms with van der Waals surface area (Å²) < 4.78 is 5.28. The Morgan fingerprint density at radius 1 is 1.24 bits per heavy atom. The Labute approximate surface area is 123 Å². The SMILES string of the molecule is COc1ncccc1CN1C(=O)CNCc2ccccc21. The summed E-state index contributed by atoms with van der Waals surface area (Å²) in [6.07, 6.45) is 1.68. The molecule has 0 saturated heterocycles. The fourth-order valence-electron chi connectivity index (χ4n) is 2.53. The Bertz CT molecular complexity index is 657. The topological polar surface area (TPSA) is 54.5 Å². The van der Waals surface area contributed by atoms with E-state index in [-0.39, 0.29) is 5.91 Å². The number of anilines is 1.